The molecule has 1 aromatic carbocycles. The molecule has 3 nitrogen and oxygen atoms in total. The molecule has 1 N–H and O–H groups in total. The van der Waals surface area contributed by atoms with Gasteiger partial charge in [-0.05, 0) is 17.0 Å². The Bertz CT molecular complexity index is 738. The molecule has 18 heavy (non-hydrogen) atoms. The molecule has 0 unspecified atom stereocenters. The van der Waals surface area contributed by atoms with Gasteiger partial charge < -0.3 is 0 Å². The van der Waals surface area contributed by atoms with E-state index in [1.807, 2.05) is 18.3 Å². The monoisotopic (exact) mass is 259 g/mol. The van der Waals surface area contributed by atoms with Gasteiger partial charge in [-0.1, -0.05) is 44.5 Å². The van der Waals surface area contributed by atoms with Crippen molar-refractivity contribution in [3.05, 3.63) is 35.1 Å². The van der Waals surface area contributed by atoms with E-state index in [9.17, 15) is 0 Å². The van der Waals surface area contributed by atoms with Crippen LogP contribution in [0.5, 0.6) is 0 Å². The number of aromatic amines is 1. The standard InChI is InChI=1S/C14H14ClN3/c1-14(2,3)9-5-4-6-10-11(9)8-7-16-18-12(8)13(15)17-10/h4-7H,1-3H3,(H,16,18). The van der Waals surface area contributed by atoms with Crippen LogP contribution in [0.15, 0.2) is 24.4 Å². The number of benzene rings is 1. The molecule has 3 rings (SSSR count). The molecular formula is C14H14ClN3. The molecule has 0 aliphatic carbocycles. The van der Waals surface area contributed by atoms with Crippen LogP contribution >= 0.6 is 11.6 Å². The Kier molecular flexibility index (Phi) is 2.35. The molecule has 92 valence electrons. The molecule has 4 heteroatoms. The summed E-state index contributed by atoms with van der Waals surface area (Å²) in [5.74, 6) is 0. The van der Waals surface area contributed by atoms with Crippen LogP contribution in [0.25, 0.3) is 21.8 Å². The lowest BCUT2D eigenvalue weighted by Gasteiger charge is -2.21. The van der Waals surface area contributed by atoms with Crippen molar-refractivity contribution in [2.75, 3.05) is 0 Å². The summed E-state index contributed by atoms with van der Waals surface area (Å²) in [6, 6.07) is 6.16. The highest BCUT2D eigenvalue weighted by Crippen LogP contribution is 2.35. The number of fused-ring (bicyclic) bond motifs is 3. The lowest BCUT2D eigenvalue weighted by atomic mass is 9.84. The fourth-order valence-corrected chi connectivity index (χ4v) is 2.57. The molecular weight excluding hydrogens is 246 g/mol. The van der Waals surface area contributed by atoms with Gasteiger partial charge >= 0.3 is 0 Å². The van der Waals surface area contributed by atoms with Crippen molar-refractivity contribution in [2.45, 2.75) is 26.2 Å². The zero-order valence-electron chi connectivity index (χ0n) is 10.6. The van der Waals surface area contributed by atoms with Crippen molar-refractivity contribution in [1.82, 2.24) is 15.2 Å². The Morgan fingerprint density at radius 2 is 2.00 bits per heavy atom. The van der Waals surface area contributed by atoms with E-state index in [0.29, 0.717) is 5.15 Å². The fraction of sp³-hybridized carbons (Fsp3) is 0.286. The lowest BCUT2D eigenvalue weighted by molar-refractivity contribution is 0.596. The Morgan fingerprint density at radius 1 is 1.22 bits per heavy atom. The van der Waals surface area contributed by atoms with Gasteiger partial charge in [-0.3, -0.25) is 5.10 Å². The summed E-state index contributed by atoms with van der Waals surface area (Å²) >= 11 is 6.16. The van der Waals surface area contributed by atoms with Crippen LogP contribution in [0, 0.1) is 0 Å². The van der Waals surface area contributed by atoms with Gasteiger partial charge in [-0.2, -0.15) is 5.10 Å². The SMILES string of the molecule is CC(C)(C)c1cccc2nc(Cl)c3[nH]ncc3c12. The number of nitrogens with one attached hydrogen (secondary N) is 1. The Labute approximate surface area is 110 Å². The number of rotatable bonds is 0. The van der Waals surface area contributed by atoms with Crippen LogP contribution in [-0.2, 0) is 5.41 Å². The molecule has 0 aliphatic rings. The van der Waals surface area contributed by atoms with Crippen LogP contribution in [0.1, 0.15) is 26.3 Å². The van der Waals surface area contributed by atoms with E-state index in [4.69, 9.17) is 11.6 Å². The molecule has 0 fully saturated rings. The first-order chi connectivity index (χ1) is 8.48. The van der Waals surface area contributed by atoms with Gasteiger partial charge in [-0.15, -0.1) is 0 Å². The van der Waals surface area contributed by atoms with Crippen LogP contribution in [-0.4, -0.2) is 15.2 Å². The third kappa shape index (κ3) is 1.58. The topological polar surface area (TPSA) is 41.6 Å². The van der Waals surface area contributed by atoms with Crippen molar-refractivity contribution in [3.63, 3.8) is 0 Å². The second kappa shape index (κ2) is 3.69. The number of halogens is 1. The fourth-order valence-electron chi connectivity index (χ4n) is 2.34. The van der Waals surface area contributed by atoms with Crippen LogP contribution < -0.4 is 0 Å². The maximum atomic E-state index is 6.16. The third-order valence-electron chi connectivity index (χ3n) is 3.18. The van der Waals surface area contributed by atoms with E-state index in [1.54, 1.807) is 0 Å². The van der Waals surface area contributed by atoms with Crippen molar-refractivity contribution >= 4 is 33.4 Å². The highest BCUT2D eigenvalue weighted by atomic mass is 35.5. The molecule has 2 heterocycles. The van der Waals surface area contributed by atoms with Gasteiger partial charge in [0, 0.05) is 10.8 Å². The molecule has 3 aromatic rings. The second-order valence-corrected chi connectivity index (χ2v) is 5.87. The van der Waals surface area contributed by atoms with E-state index >= 15 is 0 Å². The van der Waals surface area contributed by atoms with Gasteiger partial charge in [0.25, 0.3) is 0 Å². The highest BCUT2D eigenvalue weighted by Gasteiger charge is 2.20. The Morgan fingerprint density at radius 3 is 2.72 bits per heavy atom. The van der Waals surface area contributed by atoms with Crippen molar-refractivity contribution < 1.29 is 0 Å². The largest absolute Gasteiger partial charge is 0.275 e. The normalized spacial score (nSPS) is 12.4. The van der Waals surface area contributed by atoms with E-state index in [0.717, 1.165) is 21.8 Å². The first-order valence-corrected chi connectivity index (χ1v) is 6.28. The van der Waals surface area contributed by atoms with Crippen LogP contribution in [0.3, 0.4) is 0 Å². The zero-order chi connectivity index (χ0) is 12.9. The summed E-state index contributed by atoms with van der Waals surface area (Å²) in [7, 11) is 0. The number of hydrogen-bond acceptors (Lipinski definition) is 2. The van der Waals surface area contributed by atoms with Crippen LogP contribution in [0.2, 0.25) is 5.15 Å². The van der Waals surface area contributed by atoms with Crippen LogP contribution in [0.4, 0.5) is 0 Å². The number of H-pyrrole nitrogens is 1. The maximum absolute atomic E-state index is 6.16. The second-order valence-electron chi connectivity index (χ2n) is 5.51. The van der Waals surface area contributed by atoms with Gasteiger partial charge in [0.2, 0.25) is 0 Å². The third-order valence-corrected chi connectivity index (χ3v) is 3.46. The molecule has 0 saturated heterocycles. The van der Waals surface area contributed by atoms with Crippen molar-refractivity contribution in [3.8, 4) is 0 Å². The quantitative estimate of drug-likeness (QED) is 0.619. The minimum Gasteiger partial charge on any atom is -0.275 e. The van der Waals surface area contributed by atoms with Crippen molar-refractivity contribution in [1.29, 1.82) is 0 Å². The summed E-state index contributed by atoms with van der Waals surface area (Å²) in [4.78, 5) is 4.44. The summed E-state index contributed by atoms with van der Waals surface area (Å²) in [5, 5.41) is 9.65. The first-order valence-electron chi connectivity index (χ1n) is 5.90. The van der Waals surface area contributed by atoms with Gasteiger partial charge in [0.15, 0.2) is 5.15 Å². The minimum absolute atomic E-state index is 0.0548. The predicted molar refractivity (Wildman–Crippen MR) is 75.1 cm³/mol. The number of pyridine rings is 1. The Hall–Kier alpha value is -1.61. The Balaban J connectivity index is 2.57. The average Bonchev–Trinajstić information content (AvgIpc) is 2.76. The summed E-state index contributed by atoms with van der Waals surface area (Å²) in [6.45, 7) is 6.59. The number of aromatic nitrogens is 3. The first kappa shape index (κ1) is 11.5. The van der Waals surface area contributed by atoms with Gasteiger partial charge in [0.05, 0.1) is 11.7 Å². The highest BCUT2D eigenvalue weighted by molar-refractivity contribution is 6.35. The molecule has 0 atom stereocenters. The molecule has 0 radical (unpaired) electrons. The van der Waals surface area contributed by atoms with Crippen molar-refractivity contribution in [2.24, 2.45) is 0 Å². The predicted octanol–water partition coefficient (Wildman–Crippen LogP) is 4.06. The molecule has 0 bridgehead atoms. The minimum atomic E-state index is 0.0548. The van der Waals surface area contributed by atoms with E-state index in [-0.39, 0.29) is 5.41 Å². The van der Waals surface area contributed by atoms with E-state index < -0.39 is 0 Å². The van der Waals surface area contributed by atoms with Gasteiger partial charge in [0.1, 0.15) is 5.52 Å². The molecule has 0 spiro atoms. The lowest BCUT2D eigenvalue weighted by Crippen LogP contribution is -2.11. The summed E-state index contributed by atoms with van der Waals surface area (Å²) in [6.07, 6.45) is 1.82. The van der Waals surface area contributed by atoms with E-state index in [1.165, 1.54) is 5.56 Å². The van der Waals surface area contributed by atoms with Gasteiger partial charge in [-0.25, -0.2) is 4.98 Å². The number of nitrogens with zero attached hydrogens (tertiary/aromatic N) is 2. The number of hydrogen-bond donors (Lipinski definition) is 1. The average molecular weight is 260 g/mol. The summed E-state index contributed by atoms with van der Waals surface area (Å²) < 4.78 is 0. The summed E-state index contributed by atoms with van der Waals surface area (Å²) in [5.41, 5.74) is 3.04. The molecule has 0 aliphatic heterocycles. The maximum Gasteiger partial charge on any atom is 0.155 e. The molecule has 0 amide bonds. The molecule has 0 saturated carbocycles. The van der Waals surface area contributed by atoms with E-state index in [2.05, 4.69) is 42.0 Å². The molecule has 2 aromatic heterocycles. The smallest absolute Gasteiger partial charge is 0.155 e. The zero-order valence-corrected chi connectivity index (χ0v) is 11.3.